The van der Waals surface area contributed by atoms with Gasteiger partial charge in [0.05, 0.1) is 0 Å². The van der Waals surface area contributed by atoms with Crippen LogP contribution in [0.15, 0.2) is 60.8 Å². The highest BCUT2D eigenvalue weighted by atomic mass is 16.5. The third-order valence-corrected chi connectivity index (χ3v) is 5.69. The third-order valence-electron chi connectivity index (χ3n) is 5.69. The molecule has 1 aliphatic carbocycles. The van der Waals surface area contributed by atoms with Crippen molar-refractivity contribution in [1.82, 2.24) is 20.0 Å². The van der Waals surface area contributed by atoms with Crippen LogP contribution in [-0.4, -0.2) is 49.7 Å². The standard InChI is InChI=1S/C24H20N6O5/c1-30-11-17(23(32)33)21(29-30)26-22(31)19-10-20(28-27-19)25-24(34)35-12-18-15-8-4-2-6-13(15)14-7-3-5-9-16(14)18/h2-11,18H,12H2,1H3,(H,32,33)(H,26,29,31)(H2,25,27,28,34). The Bertz CT molecular complexity index is 1410. The Kier molecular flexibility index (Phi) is 5.49. The number of hydrogen-bond donors (Lipinski definition) is 4. The molecular formula is C24H20N6O5. The summed E-state index contributed by atoms with van der Waals surface area (Å²) >= 11 is 0. The molecule has 4 N–H and O–H groups in total. The number of hydrogen-bond acceptors (Lipinski definition) is 6. The number of carbonyl (C=O) groups excluding carboxylic acids is 2. The van der Waals surface area contributed by atoms with Crippen molar-refractivity contribution in [3.63, 3.8) is 0 Å². The summed E-state index contributed by atoms with van der Waals surface area (Å²) in [5.74, 6) is -2.01. The Balaban J connectivity index is 1.22. The summed E-state index contributed by atoms with van der Waals surface area (Å²) in [4.78, 5) is 36.2. The maximum absolute atomic E-state index is 12.5. The van der Waals surface area contributed by atoms with E-state index in [0.29, 0.717) is 0 Å². The molecule has 0 bridgehead atoms. The van der Waals surface area contributed by atoms with Crippen molar-refractivity contribution in [3.05, 3.63) is 83.2 Å². The lowest BCUT2D eigenvalue weighted by Gasteiger charge is -2.14. The van der Waals surface area contributed by atoms with Crippen LogP contribution in [0, 0.1) is 0 Å². The number of amides is 2. The van der Waals surface area contributed by atoms with Crippen molar-refractivity contribution in [3.8, 4) is 11.1 Å². The smallest absolute Gasteiger partial charge is 0.412 e. The van der Waals surface area contributed by atoms with Gasteiger partial charge in [-0.25, -0.2) is 9.59 Å². The van der Waals surface area contributed by atoms with Gasteiger partial charge in [0.2, 0.25) is 0 Å². The number of rotatable bonds is 6. The van der Waals surface area contributed by atoms with Crippen LogP contribution in [0.3, 0.4) is 0 Å². The van der Waals surface area contributed by atoms with Crippen LogP contribution < -0.4 is 10.6 Å². The van der Waals surface area contributed by atoms with Gasteiger partial charge in [-0.15, -0.1) is 0 Å². The van der Waals surface area contributed by atoms with Crippen molar-refractivity contribution in [2.75, 3.05) is 17.2 Å². The highest BCUT2D eigenvalue weighted by Crippen LogP contribution is 2.44. The molecule has 4 aromatic rings. The number of aryl methyl sites for hydroxylation is 1. The lowest BCUT2D eigenvalue weighted by atomic mass is 9.98. The number of carboxylic acids is 1. The summed E-state index contributed by atoms with van der Waals surface area (Å²) in [7, 11) is 1.54. The molecule has 11 nitrogen and oxygen atoms in total. The molecule has 2 aromatic heterocycles. The highest BCUT2D eigenvalue weighted by molar-refractivity contribution is 6.06. The molecule has 0 unspecified atom stereocenters. The van der Waals surface area contributed by atoms with Crippen molar-refractivity contribution in [2.45, 2.75) is 5.92 Å². The molecule has 2 heterocycles. The molecular weight excluding hydrogens is 452 g/mol. The van der Waals surface area contributed by atoms with Gasteiger partial charge in [-0.1, -0.05) is 48.5 Å². The zero-order valence-electron chi connectivity index (χ0n) is 18.5. The van der Waals surface area contributed by atoms with E-state index in [1.807, 2.05) is 36.4 Å². The van der Waals surface area contributed by atoms with Crippen molar-refractivity contribution in [1.29, 1.82) is 0 Å². The zero-order chi connectivity index (χ0) is 24.5. The number of anilines is 2. The Hall–Kier alpha value is -4.93. The fourth-order valence-electron chi connectivity index (χ4n) is 4.15. The molecule has 2 aromatic carbocycles. The van der Waals surface area contributed by atoms with Gasteiger partial charge in [0, 0.05) is 25.2 Å². The molecule has 2 amide bonds. The lowest BCUT2D eigenvalue weighted by molar-refractivity contribution is 0.0697. The molecule has 176 valence electrons. The summed E-state index contributed by atoms with van der Waals surface area (Å²) in [6, 6.07) is 17.3. The van der Waals surface area contributed by atoms with Crippen LogP contribution in [0.1, 0.15) is 37.9 Å². The molecule has 5 rings (SSSR count). The SMILES string of the molecule is Cn1cc(C(=O)O)c(NC(=O)c2cc(NC(=O)OCC3c4ccccc4-c4ccccc43)n[nH]2)n1. The maximum atomic E-state index is 12.5. The second-order valence-corrected chi connectivity index (χ2v) is 7.94. The minimum absolute atomic E-state index is 0.000870. The largest absolute Gasteiger partial charge is 0.477 e. The Morgan fingerprint density at radius 1 is 1.06 bits per heavy atom. The molecule has 0 atom stereocenters. The molecule has 0 spiro atoms. The second kappa shape index (κ2) is 8.78. The summed E-state index contributed by atoms with van der Waals surface area (Å²) in [6.45, 7) is 0.134. The van der Waals surface area contributed by atoms with Crippen molar-refractivity contribution in [2.24, 2.45) is 7.05 Å². The molecule has 35 heavy (non-hydrogen) atoms. The molecule has 11 heteroatoms. The number of carbonyl (C=O) groups is 3. The predicted molar refractivity (Wildman–Crippen MR) is 125 cm³/mol. The van der Waals surface area contributed by atoms with Gasteiger partial charge in [-0.05, 0) is 22.3 Å². The van der Waals surface area contributed by atoms with Crippen LogP contribution in [0.2, 0.25) is 0 Å². The maximum Gasteiger partial charge on any atom is 0.412 e. The fourth-order valence-corrected chi connectivity index (χ4v) is 4.15. The normalized spacial score (nSPS) is 12.0. The molecule has 0 saturated carbocycles. The summed E-state index contributed by atoms with van der Waals surface area (Å²) in [5.41, 5.74) is 4.28. The summed E-state index contributed by atoms with van der Waals surface area (Å²) in [5, 5.41) is 24.4. The number of aromatic amines is 1. The van der Waals surface area contributed by atoms with E-state index in [-0.39, 0.29) is 35.4 Å². The first-order valence-corrected chi connectivity index (χ1v) is 10.7. The third kappa shape index (κ3) is 4.22. The van der Waals surface area contributed by atoms with Gasteiger partial charge < -0.3 is 15.2 Å². The average Bonchev–Trinajstić information content (AvgIpc) is 3.54. The number of benzene rings is 2. The Morgan fingerprint density at radius 3 is 2.37 bits per heavy atom. The highest BCUT2D eigenvalue weighted by Gasteiger charge is 2.29. The number of ether oxygens (including phenoxy) is 1. The van der Waals surface area contributed by atoms with Crippen molar-refractivity contribution < 1.29 is 24.2 Å². The van der Waals surface area contributed by atoms with E-state index in [2.05, 4.69) is 38.1 Å². The quantitative estimate of drug-likeness (QED) is 0.335. The van der Waals surface area contributed by atoms with Crippen LogP contribution >= 0.6 is 0 Å². The Morgan fingerprint density at radius 2 is 1.71 bits per heavy atom. The van der Waals surface area contributed by atoms with E-state index in [1.165, 1.54) is 24.0 Å². The van der Waals surface area contributed by atoms with E-state index in [4.69, 9.17) is 4.74 Å². The van der Waals surface area contributed by atoms with E-state index < -0.39 is 18.0 Å². The lowest BCUT2D eigenvalue weighted by Crippen LogP contribution is -2.18. The molecule has 0 saturated heterocycles. The molecule has 0 radical (unpaired) electrons. The number of nitrogens with one attached hydrogen (secondary N) is 3. The fraction of sp³-hybridized carbons (Fsp3) is 0.125. The van der Waals surface area contributed by atoms with Gasteiger partial charge >= 0.3 is 12.1 Å². The number of H-pyrrole nitrogens is 1. The van der Waals surface area contributed by atoms with Gasteiger partial charge in [0.15, 0.2) is 11.6 Å². The van der Waals surface area contributed by atoms with E-state index in [0.717, 1.165) is 22.3 Å². The first-order valence-electron chi connectivity index (χ1n) is 10.7. The summed E-state index contributed by atoms with van der Waals surface area (Å²) in [6.07, 6.45) is 0.554. The predicted octanol–water partition coefficient (Wildman–Crippen LogP) is 3.45. The minimum Gasteiger partial charge on any atom is -0.477 e. The Labute approximate surface area is 198 Å². The van der Waals surface area contributed by atoms with Gasteiger partial charge in [-0.2, -0.15) is 10.2 Å². The molecule has 0 fully saturated rings. The minimum atomic E-state index is -1.23. The number of nitrogens with zero attached hydrogens (tertiary/aromatic N) is 3. The van der Waals surface area contributed by atoms with E-state index in [1.54, 1.807) is 0 Å². The topological polar surface area (TPSA) is 151 Å². The van der Waals surface area contributed by atoms with Crippen LogP contribution in [0.4, 0.5) is 16.4 Å². The van der Waals surface area contributed by atoms with Crippen LogP contribution in [0.5, 0.6) is 0 Å². The van der Waals surface area contributed by atoms with Crippen molar-refractivity contribution >= 4 is 29.6 Å². The summed E-state index contributed by atoms with van der Waals surface area (Å²) < 4.78 is 6.75. The average molecular weight is 472 g/mol. The first-order chi connectivity index (χ1) is 16.9. The molecule has 1 aliphatic rings. The second-order valence-electron chi connectivity index (χ2n) is 7.94. The van der Waals surface area contributed by atoms with Gasteiger partial charge in [0.25, 0.3) is 5.91 Å². The first kappa shape index (κ1) is 21.9. The number of aromatic nitrogens is 4. The number of carboxylic acid groups (broad SMARTS) is 1. The monoisotopic (exact) mass is 472 g/mol. The molecule has 0 aliphatic heterocycles. The van der Waals surface area contributed by atoms with E-state index in [9.17, 15) is 19.5 Å². The van der Waals surface area contributed by atoms with Crippen LogP contribution in [0.25, 0.3) is 11.1 Å². The van der Waals surface area contributed by atoms with Crippen LogP contribution in [-0.2, 0) is 11.8 Å². The number of aromatic carboxylic acids is 1. The number of fused-ring (bicyclic) bond motifs is 3. The van der Waals surface area contributed by atoms with Gasteiger partial charge in [-0.3, -0.25) is 19.9 Å². The van der Waals surface area contributed by atoms with Gasteiger partial charge in [0.1, 0.15) is 17.9 Å². The van der Waals surface area contributed by atoms with E-state index >= 15 is 0 Å². The zero-order valence-corrected chi connectivity index (χ0v) is 18.5.